The third-order valence-electron chi connectivity index (χ3n) is 3.90. The predicted octanol–water partition coefficient (Wildman–Crippen LogP) is 4.03. The Hall–Kier alpha value is -2.73. The van der Waals surface area contributed by atoms with E-state index in [0.717, 1.165) is 35.2 Å². The van der Waals surface area contributed by atoms with Crippen LogP contribution in [0.25, 0.3) is 23.1 Å². The summed E-state index contributed by atoms with van der Waals surface area (Å²) in [5.74, 6) is 1.43. The standard InChI is InChI=1S/C20H21N3O2S/c1-3-14-21-20-17-6-4-5-7-18(17)22-19(23-20)13-10-15-8-11-16(12-9-15)26(2,24)25/h4-13H,3,14H2,1-2H3,(H,21,22,23). The number of nitrogens with zero attached hydrogens (tertiary/aromatic N) is 2. The molecule has 5 nitrogen and oxygen atoms in total. The highest BCUT2D eigenvalue weighted by atomic mass is 32.2. The highest BCUT2D eigenvalue weighted by Gasteiger charge is 2.06. The maximum atomic E-state index is 11.5. The number of anilines is 1. The van der Waals surface area contributed by atoms with E-state index >= 15 is 0 Å². The molecule has 3 rings (SSSR count). The van der Waals surface area contributed by atoms with E-state index in [1.807, 2.05) is 36.4 Å². The van der Waals surface area contributed by atoms with E-state index in [0.29, 0.717) is 10.7 Å². The number of aromatic nitrogens is 2. The summed E-state index contributed by atoms with van der Waals surface area (Å²) < 4.78 is 23.1. The topological polar surface area (TPSA) is 72.0 Å². The molecule has 0 amide bonds. The van der Waals surface area contributed by atoms with Gasteiger partial charge in [0.1, 0.15) is 5.82 Å². The Balaban J connectivity index is 1.91. The normalized spacial score (nSPS) is 11.9. The van der Waals surface area contributed by atoms with Crippen molar-refractivity contribution < 1.29 is 8.42 Å². The second-order valence-corrected chi connectivity index (χ2v) is 8.06. The number of hydrogen-bond acceptors (Lipinski definition) is 5. The van der Waals surface area contributed by atoms with Crippen molar-refractivity contribution in [2.45, 2.75) is 18.2 Å². The first kappa shape index (κ1) is 18.1. The van der Waals surface area contributed by atoms with Crippen LogP contribution in [0.5, 0.6) is 0 Å². The molecule has 0 saturated heterocycles. The minimum absolute atomic E-state index is 0.308. The number of sulfone groups is 1. The smallest absolute Gasteiger partial charge is 0.175 e. The zero-order valence-electron chi connectivity index (χ0n) is 14.8. The van der Waals surface area contributed by atoms with Crippen LogP contribution in [0, 0.1) is 0 Å². The maximum absolute atomic E-state index is 11.5. The summed E-state index contributed by atoms with van der Waals surface area (Å²) in [5.41, 5.74) is 1.77. The molecule has 0 saturated carbocycles. The van der Waals surface area contributed by atoms with Crippen LogP contribution < -0.4 is 5.32 Å². The summed E-state index contributed by atoms with van der Waals surface area (Å²) in [6, 6.07) is 14.6. The first-order valence-corrected chi connectivity index (χ1v) is 10.4. The fourth-order valence-corrected chi connectivity index (χ4v) is 3.17. The molecule has 1 aromatic heterocycles. The van der Waals surface area contributed by atoms with Crippen molar-refractivity contribution in [3.8, 4) is 0 Å². The van der Waals surface area contributed by atoms with Gasteiger partial charge < -0.3 is 5.32 Å². The van der Waals surface area contributed by atoms with Gasteiger partial charge in [0.15, 0.2) is 15.7 Å². The highest BCUT2D eigenvalue weighted by Crippen LogP contribution is 2.21. The summed E-state index contributed by atoms with van der Waals surface area (Å²) in [6.07, 6.45) is 5.92. The minimum Gasteiger partial charge on any atom is -0.369 e. The molecule has 6 heteroatoms. The van der Waals surface area contributed by atoms with Gasteiger partial charge in [-0.25, -0.2) is 18.4 Å². The van der Waals surface area contributed by atoms with Crippen LogP contribution in [0.1, 0.15) is 24.7 Å². The van der Waals surface area contributed by atoms with Gasteiger partial charge in [0.05, 0.1) is 10.4 Å². The molecule has 0 aliphatic heterocycles. The Kier molecular flexibility index (Phi) is 5.32. The number of para-hydroxylation sites is 1. The van der Waals surface area contributed by atoms with Gasteiger partial charge in [0.2, 0.25) is 0 Å². The lowest BCUT2D eigenvalue weighted by atomic mass is 10.2. The monoisotopic (exact) mass is 367 g/mol. The largest absolute Gasteiger partial charge is 0.369 e. The summed E-state index contributed by atoms with van der Waals surface area (Å²) >= 11 is 0. The fourth-order valence-electron chi connectivity index (χ4n) is 2.54. The molecule has 1 N–H and O–H groups in total. The summed E-state index contributed by atoms with van der Waals surface area (Å²) in [6.45, 7) is 2.95. The molecule has 26 heavy (non-hydrogen) atoms. The molecule has 2 aromatic carbocycles. The third-order valence-corrected chi connectivity index (χ3v) is 5.02. The van der Waals surface area contributed by atoms with E-state index in [1.54, 1.807) is 24.3 Å². The van der Waals surface area contributed by atoms with Crippen molar-refractivity contribution in [2.75, 3.05) is 18.1 Å². The summed E-state index contributed by atoms with van der Waals surface area (Å²) in [5, 5.41) is 4.34. The van der Waals surface area contributed by atoms with Crippen molar-refractivity contribution in [2.24, 2.45) is 0 Å². The Morgan fingerprint density at radius 2 is 1.73 bits per heavy atom. The highest BCUT2D eigenvalue weighted by molar-refractivity contribution is 7.90. The Morgan fingerprint density at radius 3 is 2.42 bits per heavy atom. The first-order valence-electron chi connectivity index (χ1n) is 8.46. The van der Waals surface area contributed by atoms with Crippen LogP contribution in [-0.2, 0) is 9.84 Å². The molecule has 0 bridgehead atoms. The quantitative estimate of drug-likeness (QED) is 0.712. The predicted molar refractivity (Wildman–Crippen MR) is 107 cm³/mol. The van der Waals surface area contributed by atoms with Crippen molar-refractivity contribution in [3.63, 3.8) is 0 Å². The molecule has 0 unspecified atom stereocenters. The molecule has 0 radical (unpaired) electrons. The molecule has 1 heterocycles. The minimum atomic E-state index is -3.18. The average molecular weight is 367 g/mol. The number of fused-ring (bicyclic) bond motifs is 1. The van der Waals surface area contributed by atoms with Crippen LogP contribution in [-0.4, -0.2) is 31.2 Å². The molecule has 0 fully saturated rings. The number of benzene rings is 2. The molecular weight excluding hydrogens is 346 g/mol. The average Bonchev–Trinajstić information content (AvgIpc) is 2.64. The van der Waals surface area contributed by atoms with Crippen molar-refractivity contribution in [1.29, 1.82) is 0 Å². The number of nitrogens with one attached hydrogen (secondary N) is 1. The summed E-state index contributed by atoms with van der Waals surface area (Å²) in [7, 11) is -3.18. The van der Waals surface area contributed by atoms with Gasteiger partial charge >= 0.3 is 0 Å². The van der Waals surface area contributed by atoms with E-state index in [2.05, 4.69) is 22.2 Å². The zero-order chi connectivity index (χ0) is 18.6. The fraction of sp³-hybridized carbons (Fsp3) is 0.200. The number of rotatable bonds is 6. The molecule has 0 aliphatic carbocycles. The van der Waals surface area contributed by atoms with Gasteiger partial charge in [-0.05, 0) is 42.3 Å². The lowest BCUT2D eigenvalue weighted by Crippen LogP contribution is -2.04. The summed E-state index contributed by atoms with van der Waals surface area (Å²) in [4.78, 5) is 9.50. The lowest BCUT2D eigenvalue weighted by Gasteiger charge is -2.08. The van der Waals surface area contributed by atoms with Gasteiger partial charge in [0.25, 0.3) is 0 Å². The second kappa shape index (κ2) is 7.66. The Labute approximate surface area is 153 Å². The first-order chi connectivity index (χ1) is 12.5. The van der Waals surface area contributed by atoms with Crippen LogP contribution in [0.2, 0.25) is 0 Å². The van der Waals surface area contributed by atoms with Crippen LogP contribution in [0.15, 0.2) is 53.4 Å². The third kappa shape index (κ3) is 4.26. The SMILES string of the molecule is CCCNc1nc(C=Cc2ccc(S(C)(=O)=O)cc2)nc2ccccc12. The maximum Gasteiger partial charge on any atom is 0.175 e. The molecule has 0 aliphatic rings. The zero-order valence-corrected chi connectivity index (χ0v) is 15.6. The van der Waals surface area contributed by atoms with E-state index in [4.69, 9.17) is 0 Å². The molecule has 0 spiro atoms. The van der Waals surface area contributed by atoms with E-state index < -0.39 is 9.84 Å². The molecule has 134 valence electrons. The Bertz CT molecular complexity index is 1040. The van der Waals surface area contributed by atoms with Gasteiger partial charge in [-0.3, -0.25) is 0 Å². The van der Waals surface area contributed by atoms with Crippen LogP contribution in [0.4, 0.5) is 5.82 Å². The second-order valence-electron chi connectivity index (χ2n) is 6.05. The van der Waals surface area contributed by atoms with Crippen LogP contribution >= 0.6 is 0 Å². The van der Waals surface area contributed by atoms with Crippen LogP contribution in [0.3, 0.4) is 0 Å². The van der Waals surface area contributed by atoms with E-state index in [-0.39, 0.29) is 0 Å². The van der Waals surface area contributed by atoms with Crippen molar-refractivity contribution >= 4 is 38.7 Å². The van der Waals surface area contributed by atoms with Gasteiger partial charge in [0, 0.05) is 18.2 Å². The van der Waals surface area contributed by atoms with Gasteiger partial charge in [-0.1, -0.05) is 37.3 Å². The van der Waals surface area contributed by atoms with Crippen molar-refractivity contribution in [3.05, 3.63) is 59.9 Å². The molecular formula is C20H21N3O2S. The Morgan fingerprint density at radius 1 is 1.00 bits per heavy atom. The van der Waals surface area contributed by atoms with Gasteiger partial charge in [-0.2, -0.15) is 0 Å². The molecule has 0 atom stereocenters. The van der Waals surface area contributed by atoms with Crippen molar-refractivity contribution in [1.82, 2.24) is 9.97 Å². The van der Waals surface area contributed by atoms with E-state index in [9.17, 15) is 8.42 Å². The lowest BCUT2D eigenvalue weighted by molar-refractivity contribution is 0.602. The van der Waals surface area contributed by atoms with Gasteiger partial charge in [-0.15, -0.1) is 0 Å². The number of hydrogen-bond donors (Lipinski definition) is 1. The van der Waals surface area contributed by atoms with E-state index in [1.165, 1.54) is 6.26 Å². The molecule has 3 aromatic rings.